The zero-order valence-electron chi connectivity index (χ0n) is 19.5. The van der Waals surface area contributed by atoms with Crippen LogP contribution in [0, 0.1) is 0 Å². The van der Waals surface area contributed by atoms with Gasteiger partial charge in [-0.25, -0.2) is 4.79 Å². The van der Waals surface area contributed by atoms with Gasteiger partial charge in [0.15, 0.2) is 5.58 Å². The Hall–Kier alpha value is -2.80. The lowest BCUT2D eigenvalue weighted by Gasteiger charge is -2.39. The maximum absolute atomic E-state index is 12.5. The van der Waals surface area contributed by atoms with E-state index < -0.39 is 5.60 Å². The minimum atomic E-state index is -0.516. The van der Waals surface area contributed by atoms with Gasteiger partial charge < -0.3 is 19.0 Å². The summed E-state index contributed by atoms with van der Waals surface area (Å²) in [5, 5.41) is 0.716. The third-order valence-corrected chi connectivity index (χ3v) is 6.41. The van der Waals surface area contributed by atoms with E-state index in [0.717, 1.165) is 40.8 Å². The number of amides is 1. The zero-order valence-corrected chi connectivity index (χ0v) is 20.2. The molecule has 0 bridgehead atoms. The van der Waals surface area contributed by atoms with E-state index in [2.05, 4.69) is 16.8 Å². The van der Waals surface area contributed by atoms with Gasteiger partial charge in [0.1, 0.15) is 11.1 Å². The second-order valence-corrected chi connectivity index (χ2v) is 10.4. The van der Waals surface area contributed by atoms with Crippen LogP contribution in [0.5, 0.6) is 0 Å². The number of piperazine rings is 1. The first-order valence-electron chi connectivity index (χ1n) is 11.5. The molecule has 5 rings (SSSR count). The second kappa shape index (κ2) is 8.20. The van der Waals surface area contributed by atoms with E-state index in [4.69, 9.17) is 25.7 Å². The number of anilines is 1. The Morgan fingerprint density at radius 2 is 2.03 bits per heavy atom. The van der Waals surface area contributed by atoms with Crippen LogP contribution in [-0.2, 0) is 4.74 Å². The van der Waals surface area contributed by atoms with Crippen LogP contribution in [0.25, 0.3) is 22.4 Å². The number of aromatic nitrogens is 2. The molecule has 2 aromatic heterocycles. The number of ether oxygens (including phenoxy) is 1. The van der Waals surface area contributed by atoms with Crippen molar-refractivity contribution in [2.75, 3.05) is 24.5 Å². The molecule has 174 valence electrons. The highest BCUT2D eigenvalue weighted by molar-refractivity contribution is 6.33. The van der Waals surface area contributed by atoms with E-state index in [1.807, 2.05) is 45.0 Å². The van der Waals surface area contributed by atoms with Gasteiger partial charge in [-0.1, -0.05) is 17.7 Å². The van der Waals surface area contributed by atoms with Crippen molar-refractivity contribution in [3.63, 3.8) is 0 Å². The summed E-state index contributed by atoms with van der Waals surface area (Å²) in [7, 11) is 0. The molecule has 8 heteroatoms. The Balaban J connectivity index is 1.48. The predicted molar refractivity (Wildman–Crippen MR) is 129 cm³/mol. The molecular weight excluding hydrogens is 440 g/mol. The van der Waals surface area contributed by atoms with Crippen LogP contribution in [-0.4, -0.2) is 52.2 Å². The summed E-state index contributed by atoms with van der Waals surface area (Å²) < 4.78 is 11.9. The van der Waals surface area contributed by atoms with Crippen molar-refractivity contribution in [3.8, 4) is 11.3 Å². The number of carbonyl (C=O) groups is 1. The summed E-state index contributed by atoms with van der Waals surface area (Å²) >= 11 is 6.74. The molecule has 0 N–H and O–H groups in total. The average molecular weight is 469 g/mol. The molecule has 0 spiro atoms. The van der Waals surface area contributed by atoms with Gasteiger partial charge in [0.25, 0.3) is 6.01 Å². The molecule has 1 saturated carbocycles. The van der Waals surface area contributed by atoms with Crippen molar-refractivity contribution in [3.05, 3.63) is 41.0 Å². The van der Waals surface area contributed by atoms with E-state index in [1.165, 1.54) is 0 Å². The summed E-state index contributed by atoms with van der Waals surface area (Å²) in [4.78, 5) is 25.8. The number of rotatable bonds is 3. The number of halogens is 1. The summed E-state index contributed by atoms with van der Waals surface area (Å²) in [6, 6.07) is 8.33. The second-order valence-electron chi connectivity index (χ2n) is 9.95. The molecule has 1 aliphatic heterocycles. The van der Waals surface area contributed by atoms with Gasteiger partial charge in [0.2, 0.25) is 0 Å². The summed E-state index contributed by atoms with van der Waals surface area (Å²) in [6.45, 7) is 9.40. The third-order valence-electron chi connectivity index (χ3n) is 6.10. The Bertz CT molecular complexity index is 1180. The minimum absolute atomic E-state index is 0.0254. The van der Waals surface area contributed by atoms with Crippen LogP contribution in [0.2, 0.25) is 5.02 Å². The molecule has 2 fully saturated rings. The van der Waals surface area contributed by atoms with Gasteiger partial charge >= 0.3 is 6.09 Å². The quantitative estimate of drug-likeness (QED) is 0.479. The Morgan fingerprint density at radius 1 is 1.24 bits per heavy atom. The Kier molecular flexibility index (Phi) is 5.47. The van der Waals surface area contributed by atoms with Crippen molar-refractivity contribution in [2.24, 2.45) is 0 Å². The van der Waals surface area contributed by atoms with Gasteiger partial charge in [-0.2, -0.15) is 4.98 Å². The number of hydrogen-bond acceptors (Lipinski definition) is 6. The highest BCUT2D eigenvalue weighted by Gasteiger charge is 2.35. The molecular formula is C25H29ClN4O3. The van der Waals surface area contributed by atoms with Crippen LogP contribution in [0.3, 0.4) is 0 Å². The van der Waals surface area contributed by atoms with E-state index in [9.17, 15) is 4.79 Å². The van der Waals surface area contributed by atoms with Crippen molar-refractivity contribution in [1.82, 2.24) is 14.9 Å². The SMILES string of the molecule is CC1CN(C(=O)OC(C)(C)C)CCN1c1nc2c(C3CC3)c(Cl)cc(-c3ccccn3)c2o1. The van der Waals surface area contributed by atoms with Gasteiger partial charge in [-0.3, -0.25) is 4.98 Å². The lowest BCUT2D eigenvalue weighted by Crippen LogP contribution is -2.54. The maximum atomic E-state index is 12.5. The molecule has 2 aliphatic rings. The van der Waals surface area contributed by atoms with E-state index in [1.54, 1.807) is 11.1 Å². The molecule has 1 aliphatic carbocycles. The summed E-state index contributed by atoms with van der Waals surface area (Å²) in [5.41, 5.74) is 3.74. The number of carbonyl (C=O) groups excluding carboxylic acids is 1. The lowest BCUT2D eigenvalue weighted by atomic mass is 10.0. The molecule has 7 nitrogen and oxygen atoms in total. The standard InChI is InChI=1S/C25H29ClN4O3/c1-15-14-29(24(31)33-25(2,3)4)11-12-30(15)23-28-21-20(16-8-9-16)18(26)13-17(22(21)32-23)19-7-5-6-10-27-19/h5-7,10,13,15-16H,8-9,11-12,14H2,1-4H3. The highest BCUT2D eigenvalue weighted by atomic mass is 35.5. The fourth-order valence-corrected chi connectivity index (χ4v) is 4.74. The molecule has 33 heavy (non-hydrogen) atoms. The summed E-state index contributed by atoms with van der Waals surface area (Å²) in [6.07, 6.45) is 3.71. The van der Waals surface area contributed by atoms with Crippen molar-refractivity contribution in [2.45, 2.75) is 58.1 Å². The van der Waals surface area contributed by atoms with Crippen LogP contribution < -0.4 is 4.90 Å². The third kappa shape index (κ3) is 4.38. The summed E-state index contributed by atoms with van der Waals surface area (Å²) in [5.74, 6) is 0.428. The molecule has 3 aromatic rings. The molecule has 1 saturated heterocycles. The normalized spacial score (nSPS) is 19.2. The fourth-order valence-electron chi connectivity index (χ4n) is 4.39. The molecule has 1 atom stereocenters. The molecule has 1 aromatic carbocycles. The number of hydrogen-bond donors (Lipinski definition) is 0. The van der Waals surface area contributed by atoms with Gasteiger partial charge in [0, 0.05) is 48.0 Å². The number of benzene rings is 1. The first kappa shape index (κ1) is 22.0. The van der Waals surface area contributed by atoms with Gasteiger partial charge in [0.05, 0.1) is 5.69 Å². The number of fused-ring (bicyclic) bond motifs is 1. The van der Waals surface area contributed by atoms with Crippen molar-refractivity contribution in [1.29, 1.82) is 0 Å². The first-order valence-corrected chi connectivity index (χ1v) is 11.9. The molecule has 1 amide bonds. The average Bonchev–Trinajstić information content (AvgIpc) is 3.50. The fraction of sp³-hybridized carbons (Fsp3) is 0.480. The minimum Gasteiger partial charge on any atom is -0.444 e. The zero-order chi connectivity index (χ0) is 23.3. The number of oxazole rings is 1. The lowest BCUT2D eigenvalue weighted by molar-refractivity contribution is 0.0216. The van der Waals surface area contributed by atoms with Crippen LogP contribution in [0.1, 0.15) is 52.0 Å². The Labute approximate surface area is 198 Å². The highest BCUT2D eigenvalue weighted by Crippen LogP contribution is 2.49. The first-order chi connectivity index (χ1) is 15.7. The molecule has 0 radical (unpaired) electrons. The maximum Gasteiger partial charge on any atom is 0.410 e. The topological polar surface area (TPSA) is 71.7 Å². The molecule has 1 unspecified atom stereocenters. The van der Waals surface area contributed by atoms with Crippen molar-refractivity contribution >= 4 is 34.8 Å². The van der Waals surface area contributed by atoms with E-state index >= 15 is 0 Å². The van der Waals surface area contributed by atoms with Crippen LogP contribution in [0.15, 0.2) is 34.9 Å². The van der Waals surface area contributed by atoms with Crippen LogP contribution in [0.4, 0.5) is 10.8 Å². The van der Waals surface area contributed by atoms with Crippen molar-refractivity contribution < 1.29 is 13.9 Å². The van der Waals surface area contributed by atoms with Gasteiger partial charge in [-0.15, -0.1) is 0 Å². The number of pyridine rings is 1. The van der Waals surface area contributed by atoms with Gasteiger partial charge in [-0.05, 0) is 64.7 Å². The monoisotopic (exact) mass is 468 g/mol. The largest absolute Gasteiger partial charge is 0.444 e. The number of nitrogens with zero attached hydrogens (tertiary/aromatic N) is 4. The van der Waals surface area contributed by atoms with E-state index in [0.29, 0.717) is 36.6 Å². The predicted octanol–water partition coefficient (Wildman–Crippen LogP) is 5.87. The smallest absolute Gasteiger partial charge is 0.410 e. The molecule has 3 heterocycles. The Morgan fingerprint density at radius 3 is 2.67 bits per heavy atom. The van der Waals surface area contributed by atoms with E-state index in [-0.39, 0.29) is 12.1 Å². The van der Waals surface area contributed by atoms with Crippen LogP contribution >= 0.6 is 11.6 Å².